The van der Waals surface area contributed by atoms with E-state index in [9.17, 15) is 0 Å². The molecule has 0 bridgehead atoms. The molecule has 0 saturated carbocycles. The van der Waals surface area contributed by atoms with Crippen molar-refractivity contribution in [1.82, 2.24) is 4.90 Å². The fraction of sp³-hybridized carbons (Fsp3) is 0.474. The summed E-state index contributed by atoms with van der Waals surface area (Å²) in [6.45, 7) is 2.29. The highest BCUT2D eigenvalue weighted by Crippen LogP contribution is 2.33. The molecule has 2 heterocycles. The summed E-state index contributed by atoms with van der Waals surface area (Å²) < 4.78 is 0. The van der Waals surface area contributed by atoms with Gasteiger partial charge in [-0.3, -0.25) is 4.90 Å². The zero-order valence-corrected chi connectivity index (χ0v) is 14.5. The molecule has 1 atom stereocenters. The van der Waals surface area contributed by atoms with E-state index in [0.717, 1.165) is 6.54 Å². The highest BCUT2D eigenvalue weighted by Gasteiger charge is 2.23. The van der Waals surface area contributed by atoms with E-state index in [1.165, 1.54) is 48.4 Å². The van der Waals surface area contributed by atoms with Gasteiger partial charge >= 0.3 is 0 Å². The lowest BCUT2D eigenvalue weighted by Crippen LogP contribution is -2.27. The van der Waals surface area contributed by atoms with Crippen LogP contribution in [0.25, 0.3) is 0 Å². The van der Waals surface area contributed by atoms with Crippen LogP contribution in [0.4, 0.5) is 5.69 Å². The Bertz CT molecular complexity index is 560. The SMILES string of the molecule is CN(C)c1ccc(CN2CCCCC[C@H]2c2cccs2)cc1. The molecule has 0 N–H and O–H groups in total. The van der Waals surface area contributed by atoms with Crippen molar-refractivity contribution in [2.45, 2.75) is 38.3 Å². The molecule has 2 aromatic rings. The number of hydrogen-bond acceptors (Lipinski definition) is 3. The van der Waals surface area contributed by atoms with Crippen molar-refractivity contribution in [3.8, 4) is 0 Å². The summed E-state index contributed by atoms with van der Waals surface area (Å²) in [7, 11) is 4.19. The molecule has 1 saturated heterocycles. The Kier molecular flexibility index (Phi) is 5.16. The third kappa shape index (κ3) is 3.71. The minimum absolute atomic E-state index is 0.607. The van der Waals surface area contributed by atoms with Crippen LogP contribution in [0.15, 0.2) is 41.8 Å². The predicted octanol–water partition coefficient (Wildman–Crippen LogP) is 4.93. The monoisotopic (exact) mass is 314 g/mol. The van der Waals surface area contributed by atoms with Gasteiger partial charge in [0.15, 0.2) is 0 Å². The smallest absolute Gasteiger partial charge is 0.0445 e. The van der Waals surface area contributed by atoms with Gasteiger partial charge in [-0.2, -0.15) is 0 Å². The topological polar surface area (TPSA) is 6.48 Å². The van der Waals surface area contributed by atoms with E-state index in [1.54, 1.807) is 0 Å². The molecule has 0 amide bonds. The Balaban J connectivity index is 1.75. The van der Waals surface area contributed by atoms with E-state index < -0.39 is 0 Å². The van der Waals surface area contributed by atoms with Gasteiger partial charge in [0.25, 0.3) is 0 Å². The molecule has 1 aromatic carbocycles. The van der Waals surface area contributed by atoms with Crippen molar-refractivity contribution in [2.75, 3.05) is 25.5 Å². The summed E-state index contributed by atoms with van der Waals surface area (Å²) in [5.41, 5.74) is 2.70. The zero-order valence-electron chi connectivity index (χ0n) is 13.7. The van der Waals surface area contributed by atoms with E-state index in [-0.39, 0.29) is 0 Å². The number of benzene rings is 1. The molecular weight excluding hydrogens is 288 g/mol. The molecule has 1 aromatic heterocycles. The maximum absolute atomic E-state index is 2.68. The quantitative estimate of drug-likeness (QED) is 0.789. The molecule has 1 aliphatic heterocycles. The first-order valence-corrected chi connectivity index (χ1v) is 9.16. The Hall–Kier alpha value is -1.32. The minimum atomic E-state index is 0.607. The fourth-order valence-electron chi connectivity index (χ4n) is 3.29. The van der Waals surface area contributed by atoms with Gasteiger partial charge in [0.1, 0.15) is 0 Å². The average Bonchev–Trinajstić information content (AvgIpc) is 2.95. The number of thiophene rings is 1. The van der Waals surface area contributed by atoms with E-state index in [2.05, 4.69) is 65.7 Å². The van der Waals surface area contributed by atoms with Crippen molar-refractivity contribution in [3.63, 3.8) is 0 Å². The number of hydrogen-bond donors (Lipinski definition) is 0. The van der Waals surface area contributed by atoms with Crippen LogP contribution in [0.3, 0.4) is 0 Å². The lowest BCUT2D eigenvalue weighted by Gasteiger charge is -2.29. The second kappa shape index (κ2) is 7.30. The predicted molar refractivity (Wildman–Crippen MR) is 96.7 cm³/mol. The molecule has 0 aliphatic carbocycles. The molecule has 22 heavy (non-hydrogen) atoms. The first-order chi connectivity index (χ1) is 10.7. The summed E-state index contributed by atoms with van der Waals surface area (Å²) >= 11 is 1.91. The van der Waals surface area contributed by atoms with Crippen LogP contribution in [0, 0.1) is 0 Å². The summed E-state index contributed by atoms with van der Waals surface area (Å²) in [4.78, 5) is 6.38. The maximum atomic E-state index is 2.68. The molecular formula is C19H26N2S. The van der Waals surface area contributed by atoms with Crippen LogP contribution in [-0.4, -0.2) is 25.5 Å². The third-order valence-electron chi connectivity index (χ3n) is 4.57. The van der Waals surface area contributed by atoms with Crippen molar-refractivity contribution in [2.24, 2.45) is 0 Å². The summed E-state index contributed by atoms with van der Waals surface area (Å²) in [6.07, 6.45) is 5.37. The van der Waals surface area contributed by atoms with Crippen LogP contribution < -0.4 is 4.90 Å². The Morgan fingerprint density at radius 2 is 1.91 bits per heavy atom. The first kappa shape index (κ1) is 15.6. The normalized spacial score (nSPS) is 19.8. The summed E-state index contributed by atoms with van der Waals surface area (Å²) in [5, 5.41) is 2.21. The molecule has 1 aliphatic rings. The van der Waals surface area contributed by atoms with Crippen molar-refractivity contribution < 1.29 is 0 Å². The molecule has 118 valence electrons. The molecule has 0 radical (unpaired) electrons. The third-order valence-corrected chi connectivity index (χ3v) is 5.55. The van der Waals surface area contributed by atoms with Gasteiger partial charge in [-0.25, -0.2) is 0 Å². The van der Waals surface area contributed by atoms with Gasteiger partial charge in [-0.05, 0) is 48.5 Å². The van der Waals surface area contributed by atoms with Crippen LogP contribution in [0.1, 0.15) is 42.2 Å². The van der Waals surface area contributed by atoms with Crippen molar-refractivity contribution in [3.05, 3.63) is 52.2 Å². The molecule has 0 spiro atoms. The van der Waals surface area contributed by atoms with Crippen LogP contribution in [0.2, 0.25) is 0 Å². The molecule has 3 heteroatoms. The van der Waals surface area contributed by atoms with Gasteiger partial charge < -0.3 is 4.90 Å². The lowest BCUT2D eigenvalue weighted by molar-refractivity contribution is 0.195. The van der Waals surface area contributed by atoms with Crippen LogP contribution in [0.5, 0.6) is 0 Å². The first-order valence-electron chi connectivity index (χ1n) is 8.28. The molecule has 1 fully saturated rings. The number of likely N-dealkylation sites (tertiary alicyclic amines) is 1. The molecule has 2 nitrogen and oxygen atoms in total. The van der Waals surface area contributed by atoms with E-state index in [0.29, 0.717) is 6.04 Å². The summed E-state index contributed by atoms with van der Waals surface area (Å²) in [5.74, 6) is 0. The second-order valence-corrected chi connectivity index (χ2v) is 7.39. The zero-order chi connectivity index (χ0) is 15.4. The Labute approximate surface area is 138 Å². The standard InChI is InChI=1S/C19H26N2S/c1-20(2)17-11-9-16(10-12-17)15-21-13-5-3-4-7-18(21)19-8-6-14-22-19/h6,8-12,14,18H,3-5,7,13,15H2,1-2H3/t18-/m0/s1. The molecule has 3 rings (SSSR count). The maximum Gasteiger partial charge on any atom is 0.0445 e. The van der Waals surface area contributed by atoms with E-state index >= 15 is 0 Å². The van der Waals surface area contributed by atoms with Gasteiger partial charge in [-0.1, -0.05) is 31.0 Å². The average molecular weight is 314 g/mol. The van der Waals surface area contributed by atoms with Gasteiger partial charge in [0.05, 0.1) is 0 Å². The molecule has 0 unspecified atom stereocenters. The van der Waals surface area contributed by atoms with Gasteiger partial charge in [-0.15, -0.1) is 11.3 Å². The van der Waals surface area contributed by atoms with Crippen molar-refractivity contribution in [1.29, 1.82) is 0 Å². The largest absolute Gasteiger partial charge is 0.378 e. The number of rotatable bonds is 4. The minimum Gasteiger partial charge on any atom is -0.378 e. The number of anilines is 1. The lowest BCUT2D eigenvalue weighted by atomic mass is 10.1. The second-order valence-electron chi connectivity index (χ2n) is 6.41. The number of nitrogens with zero attached hydrogens (tertiary/aromatic N) is 2. The van der Waals surface area contributed by atoms with Crippen LogP contribution >= 0.6 is 11.3 Å². The summed E-state index contributed by atoms with van der Waals surface area (Å²) in [6, 6.07) is 14.1. The Morgan fingerprint density at radius 1 is 1.09 bits per heavy atom. The van der Waals surface area contributed by atoms with E-state index in [4.69, 9.17) is 0 Å². The van der Waals surface area contributed by atoms with Crippen molar-refractivity contribution >= 4 is 17.0 Å². The van der Waals surface area contributed by atoms with Crippen LogP contribution in [-0.2, 0) is 6.54 Å². The van der Waals surface area contributed by atoms with E-state index in [1.807, 2.05) is 11.3 Å². The highest BCUT2D eigenvalue weighted by atomic mass is 32.1. The fourth-order valence-corrected chi connectivity index (χ4v) is 4.19. The Morgan fingerprint density at radius 3 is 2.59 bits per heavy atom. The van der Waals surface area contributed by atoms with Gasteiger partial charge in [0, 0.05) is 37.2 Å². The van der Waals surface area contributed by atoms with Gasteiger partial charge in [0.2, 0.25) is 0 Å². The highest BCUT2D eigenvalue weighted by molar-refractivity contribution is 7.10.